The highest BCUT2D eigenvalue weighted by Gasteiger charge is 2.15. The Morgan fingerprint density at radius 2 is 2.35 bits per heavy atom. The summed E-state index contributed by atoms with van der Waals surface area (Å²) in [5, 5.41) is 20.8. The number of aromatic nitrogens is 3. The summed E-state index contributed by atoms with van der Waals surface area (Å²) < 4.78 is 1.32. The summed E-state index contributed by atoms with van der Waals surface area (Å²) in [7, 11) is 0. The third kappa shape index (κ3) is 2.42. The highest BCUT2D eigenvalue weighted by atomic mass is 32.2. The van der Waals surface area contributed by atoms with E-state index in [-0.39, 0.29) is 5.75 Å². The van der Waals surface area contributed by atoms with Crippen LogP contribution in [-0.2, 0) is 4.79 Å². The normalized spacial score (nSPS) is 10.6. The average molecular weight is 270 g/mol. The number of rotatable bonds is 4. The number of hydrogen-bond donors (Lipinski definition) is 2. The molecule has 0 atom stereocenters. The molecule has 0 aliphatic carbocycles. The SMILES string of the molecule is Cc1cscc1-c1nnc(SCC(=O)O)n1N. The molecule has 90 valence electrons. The Labute approximate surface area is 105 Å². The highest BCUT2D eigenvalue weighted by Crippen LogP contribution is 2.26. The lowest BCUT2D eigenvalue weighted by molar-refractivity contribution is -0.133. The van der Waals surface area contributed by atoms with Gasteiger partial charge in [-0.2, -0.15) is 11.3 Å². The van der Waals surface area contributed by atoms with Crippen LogP contribution < -0.4 is 5.84 Å². The molecule has 0 aliphatic rings. The van der Waals surface area contributed by atoms with E-state index in [0.29, 0.717) is 11.0 Å². The van der Waals surface area contributed by atoms with Crippen molar-refractivity contribution in [3.63, 3.8) is 0 Å². The molecule has 2 heterocycles. The number of carboxylic acid groups (broad SMARTS) is 1. The molecule has 3 N–H and O–H groups in total. The van der Waals surface area contributed by atoms with Crippen LogP contribution in [0.15, 0.2) is 15.9 Å². The summed E-state index contributed by atoms with van der Waals surface area (Å²) in [6, 6.07) is 0. The standard InChI is InChI=1S/C9H10N4O2S2/c1-5-2-16-3-6(5)8-11-12-9(13(8)10)17-4-7(14)15/h2-3H,4,10H2,1H3,(H,14,15). The summed E-state index contributed by atoms with van der Waals surface area (Å²) in [5.74, 6) is 5.39. The van der Waals surface area contributed by atoms with Crippen LogP contribution in [0.5, 0.6) is 0 Å². The first-order valence-corrected chi connectivity index (χ1v) is 6.60. The molecule has 2 aromatic rings. The van der Waals surface area contributed by atoms with Crippen LogP contribution in [-0.4, -0.2) is 31.7 Å². The molecule has 0 radical (unpaired) electrons. The molecule has 2 rings (SSSR count). The molecule has 0 amide bonds. The van der Waals surface area contributed by atoms with Gasteiger partial charge in [-0.1, -0.05) is 11.8 Å². The largest absolute Gasteiger partial charge is 0.481 e. The Hall–Kier alpha value is -1.54. The number of nitrogens with zero attached hydrogens (tertiary/aromatic N) is 3. The minimum Gasteiger partial charge on any atom is -0.481 e. The van der Waals surface area contributed by atoms with E-state index in [9.17, 15) is 4.79 Å². The molecule has 0 bridgehead atoms. The van der Waals surface area contributed by atoms with Gasteiger partial charge in [0.2, 0.25) is 5.16 Å². The van der Waals surface area contributed by atoms with Crippen molar-refractivity contribution in [3.05, 3.63) is 16.3 Å². The van der Waals surface area contributed by atoms with Crippen LogP contribution >= 0.6 is 23.1 Å². The van der Waals surface area contributed by atoms with Crippen LogP contribution in [0.2, 0.25) is 0 Å². The molecule has 0 fully saturated rings. The zero-order chi connectivity index (χ0) is 12.4. The predicted molar refractivity (Wildman–Crippen MR) is 66.6 cm³/mol. The molecule has 2 aromatic heterocycles. The fourth-order valence-electron chi connectivity index (χ4n) is 1.28. The van der Waals surface area contributed by atoms with Crippen LogP contribution in [0.3, 0.4) is 0 Å². The molecule has 6 nitrogen and oxygen atoms in total. The second kappa shape index (κ2) is 4.76. The first-order chi connectivity index (χ1) is 8.09. The van der Waals surface area contributed by atoms with Crippen LogP contribution in [0, 0.1) is 6.92 Å². The van der Waals surface area contributed by atoms with Gasteiger partial charge in [0.05, 0.1) is 5.75 Å². The van der Waals surface area contributed by atoms with Crippen molar-refractivity contribution >= 4 is 29.1 Å². The summed E-state index contributed by atoms with van der Waals surface area (Å²) in [4.78, 5) is 10.5. The molecular weight excluding hydrogens is 260 g/mol. The van der Waals surface area contributed by atoms with E-state index in [1.807, 2.05) is 17.7 Å². The van der Waals surface area contributed by atoms with Crippen LogP contribution in [0.25, 0.3) is 11.4 Å². The van der Waals surface area contributed by atoms with Crippen molar-refractivity contribution in [2.24, 2.45) is 0 Å². The fraction of sp³-hybridized carbons (Fsp3) is 0.222. The molecule has 0 aliphatic heterocycles. The summed E-state index contributed by atoms with van der Waals surface area (Å²) in [5.41, 5.74) is 2.00. The lowest BCUT2D eigenvalue weighted by Crippen LogP contribution is -2.12. The average Bonchev–Trinajstić information content (AvgIpc) is 2.82. The maximum atomic E-state index is 10.5. The summed E-state index contributed by atoms with van der Waals surface area (Å²) in [6.07, 6.45) is 0. The minimum absolute atomic E-state index is 0.0854. The topological polar surface area (TPSA) is 94.0 Å². The first-order valence-electron chi connectivity index (χ1n) is 4.68. The van der Waals surface area contributed by atoms with Crippen LogP contribution in [0.1, 0.15) is 5.56 Å². The lowest BCUT2D eigenvalue weighted by atomic mass is 10.2. The minimum atomic E-state index is -0.911. The number of thiophene rings is 1. The van der Waals surface area contributed by atoms with E-state index >= 15 is 0 Å². The smallest absolute Gasteiger partial charge is 0.313 e. The van der Waals surface area contributed by atoms with Gasteiger partial charge in [-0.15, -0.1) is 10.2 Å². The van der Waals surface area contributed by atoms with Gasteiger partial charge in [-0.05, 0) is 17.9 Å². The van der Waals surface area contributed by atoms with Crippen molar-refractivity contribution in [1.29, 1.82) is 0 Å². The molecule has 0 saturated heterocycles. The monoisotopic (exact) mass is 270 g/mol. The van der Waals surface area contributed by atoms with Crippen molar-refractivity contribution in [2.75, 3.05) is 11.6 Å². The van der Waals surface area contributed by atoms with Gasteiger partial charge < -0.3 is 10.9 Å². The molecule has 0 saturated carbocycles. The number of nitrogen functional groups attached to an aromatic ring is 1. The number of carbonyl (C=O) groups is 1. The Balaban J connectivity index is 2.27. The number of thioether (sulfide) groups is 1. The second-order valence-corrected chi connectivity index (χ2v) is 5.01. The number of hydrogen-bond acceptors (Lipinski definition) is 6. The van der Waals surface area contributed by atoms with Gasteiger partial charge >= 0.3 is 5.97 Å². The van der Waals surface area contributed by atoms with Gasteiger partial charge in [-0.25, -0.2) is 4.68 Å². The molecule has 8 heteroatoms. The maximum absolute atomic E-state index is 10.5. The maximum Gasteiger partial charge on any atom is 0.313 e. The Morgan fingerprint density at radius 1 is 1.59 bits per heavy atom. The van der Waals surface area contributed by atoms with Crippen molar-refractivity contribution in [1.82, 2.24) is 14.9 Å². The molecule has 17 heavy (non-hydrogen) atoms. The van der Waals surface area contributed by atoms with E-state index in [4.69, 9.17) is 10.9 Å². The molecular formula is C9H10N4O2S2. The summed E-state index contributed by atoms with van der Waals surface area (Å²) >= 11 is 2.61. The first kappa shape index (κ1) is 11.9. The van der Waals surface area contributed by atoms with E-state index in [1.165, 1.54) is 4.68 Å². The molecule has 0 aromatic carbocycles. The van der Waals surface area contributed by atoms with E-state index in [0.717, 1.165) is 22.9 Å². The van der Waals surface area contributed by atoms with Gasteiger partial charge in [0.25, 0.3) is 0 Å². The zero-order valence-electron chi connectivity index (χ0n) is 8.95. The number of aryl methyl sites for hydroxylation is 1. The third-order valence-corrected chi connectivity index (χ3v) is 3.87. The van der Waals surface area contributed by atoms with E-state index in [2.05, 4.69) is 10.2 Å². The van der Waals surface area contributed by atoms with Crippen molar-refractivity contribution in [2.45, 2.75) is 12.1 Å². The summed E-state index contributed by atoms with van der Waals surface area (Å²) in [6.45, 7) is 1.96. The fourth-order valence-corrected chi connectivity index (χ4v) is 2.68. The predicted octanol–water partition coefficient (Wildman–Crippen LogP) is 1.21. The number of aliphatic carboxylic acids is 1. The molecule has 0 unspecified atom stereocenters. The van der Waals surface area contributed by atoms with Gasteiger partial charge in [0.1, 0.15) is 0 Å². The van der Waals surface area contributed by atoms with Gasteiger partial charge in [0.15, 0.2) is 5.82 Å². The Morgan fingerprint density at radius 3 is 2.94 bits per heavy atom. The zero-order valence-corrected chi connectivity index (χ0v) is 10.6. The van der Waals surface area contributed by atoms with Crippen molar-refractivity contribution in [3.8, 4) is 11.4 Å². The highest BCUT2D eigenvalue weighted by molar-refractivity contribution is 7.99. The van der Waals surface area contributed by atoms with Crippen LogP contribution in [0.4, 0.5) is 0 Å². The molecule has 0 spiro atoms. The third-order valence-electron chi connectivity index (χ3n) is 2.09. The second-order valence-electron chi connectivity index (χ2n) is 3.33. The Kier molecular flexibility index (Phi) is 3.34. The quantitative estimate of drug-likeness (QED) is 0.640. The Bertz CT molecular complexity index is 549. The van der Waals surface area contributed by atoms with Gasteiger partial charge in [0, 0.05) is 10.9 Å². The number of carboxylic acids is 1. The van der Waals surface area contributed by atoms with Crippen molar-refractivity contribution < 1.29 is 9.90 Å². The van der Waals surface area contributed by atoms with Gasteiger partial charge in [-0.3, -0.25) is 4.79 Å². The number of nitrogens with two attached hydrogens (primary N) is 1. The van der Waals surface area contributed by atoms with E-state index < -0.39 is 5.97 Å². The lowest BCUT2D eigenvalue weighted by Gasteiger charge is -2.01. The van der Waals surface area contributed by atoms with E-state index in [1.54, 1.807) is 11.3 Å².